The number of nitrogens with one attached hydrogen (secondary N) is 1. The Morgan fingerprint density at radius 3 is 2.50 bits per heavy atom. The molecular weight excluding hydrogens is 190 g/mol. The van der Waals surface area contributed by atoms with Crippen molar-refractivity contribution in [2.24, 2.45) is 7.05 Å². The number of rotatable bonds is 2. The van der Waals surface area contributed by atoms with Crippen LogP contribution in [0.4, 0.5) is 8.78 Å². The third kappa shape index (κ3) is 1.92. The van der Waals surface area contributed by atoms with E-state index in [-0.39, 0.29) is 16.8 Å². The van der Waals surface area contributed by atoms with Crippen molar-refractivity contribution in [3.8, 4) is 5.75 Å². The molecule has 0 amide bonds. The van der Waals surface area contributed by atoms with Gasteiger partial charge < -0.3 is 9.30 Å². The van der Waals surface area contributed by atoms with Gasteiger partial charge in [-0.25, -0.2) is 8.78 Å². The predicted molar refractivity (Wildman–Crippen MR) is 47.4 cm³/mol. The van der Waals surface area contributed by atoms with Crippen LogP contribution in [0.3, 0.4) is 0 Å². The molecule has 0 atom stereocenters. The Bertz CT molecular complexity index is 393. The van der Waals surface area contributed by atoms with Crippen LogP contribution in [0, 0.1) is 5.41 Å². The number of alkyl halides is 2. The number of halogens is 2. The first-order valence-corrected chi connectivity index (χ1v) is 4.04. The van der Waals surface area contributed by atoms with Gasteiger partial charge in [-0.15, -0.1) is 0 Å². The van der Waals surface area contributed by atoms with Crippen molar-refractivity contribution in [1.29, 1.82) is 5.41 Å². The number of hydrogen-bond acceptors (Lipinski definition) is 2. The second-order valence-electron chi connectivity index (χ2n) is 3.15. The van der Waals surface area contributed by atoms with E-state index in [0.29, 0.717) is 0 Å². The lowest BCUT2D eigenvalue weighted by molar-refractivity contribution is 0.0165. The highest BCUT2D eigenvalue weighted by Gasteiger charge is 2.25. The van der Waals surface area contributed by atoms with E-state index >= 15 is 0 Å². The molecule has 1 aromatic heterocycles. The molecule has 78 valence electrons. The quantitative estimate of drug-likeness (QED) is 0.777. The van der Waals surface area contributed by atoms with E-state index in [1.807, 2.05) is 0 Å². The van der Waals surface area contributed by atoms with Gasteiger partial charge in [-0.1, -0.05) is 0 Å². The fraction of sp³-hybridized carbons (Fsp3) is 0.444. The standard InChI is InChI=1S/C9H12F2N2O/c1-9(10,11)6-4-7(14-3)8(12)13(2)5-6/h4-5,12H,1-3H3. The Hall–Kier alpha value is -1.39. The molecule has 0 aliphatic heterocycles. The summed E-state index contributed by atoms with van der Waals surface area (Å²) in [5.74, 6) is -2.77. The lowest BCUT2D eigenvalue weighted by Crippen LogP contribution is -2.21. The van der Waals surface area contributed by atoms with E-state index in [1.54, 1.807) is 0 Å². The normalized spacial score (nSPS) is 11.5. The lowest BCUT2D eigenvalue weighted by atomic mass is 10.1. The van der Waals surface area contributed by atoms with Crippen molar-refractivity contribution in [2.45, 2.75) is 12.8 Å². The number of aromatic nitrogens is 1. The van der Waals surface area contributed by atoms with E-state index in [9.17, 15) is 8.78 Å². The fourth-order valence-corrected chi connectivity index (χ4v) is 1.09. The minimum Gasteiger partial charge on any atom is -0.493 e. The molecule has 1 heterocycles. The number of methoxy groups -OCH3 is 1. The molecule has 0 spiro atoms. The van der Waals surface area contributed by atoms with Gasteiger partial charge in [0, 0.05) is 25.7 Å². The molecule has 0 aromatic carbocycles. The SMILES string of the molecule is COc1cc(C(C)(F)F)cn(C)c1=N. The molecule has 0 fully saturated rings. The summed E-state index contributed by atoms with van der Waals surface area (Å²) in [5, 5.41) is 7.49. The Morgan fingerprint density at radius 1 is 1.50 bits per heavy atom. The second-order valence-corrected chi connectivity index (χ2v) is 3.15. The topological polar surface area (TPSA) is 38.0 Å². The van der Waals surface area contributed by atoms with Gasteiger partial charge in [-0.2, -0.15) is 0 Å². The van der Waals surface area contributed by atoms with Crippen LogP contribution in [0.5, 0.6) is 5.75 Å². The molecule has 1 rings (SSSR count). The first-order valence-electron chi connectivity index (χ1n) is 4.04. The molecule has 1 N–H and O–H groups in total. The molecule has 0 saturated carbocycles. The van der Waals surface area contributed by atoms with Gasteiger partial charge in [0.2, 0.25) is 0 Å². The third-order valence-electron chi connectivity index (χ3n) is 1.93. The summed E-state index contributed by atoms with van der Waals surface area (Å²) in [6.45, 7) is 0.811. The van der Waals surface area contributed by atoms with Gasteiger partial charge >= 0.3 is 0 Å². The molecular formula is C9H12F2N2O. The summed E-state index contributed by atoms with van der Waals surface area (Å²) in [5.41, 5.74) is -0.0895. The minimum atomic E-state index is -2.92. The molecule has 0 aliphatic rings. The maximum Gasteiger partial charge on any atom is 0.272 e. The van der Waals surface area contributed by atoms with Gasteiger partial charge in [0.05, 0.1) is 7.11 Å². The zero-order valence-corrected chi connectivity index (χ0v) is 8.27. The van der Waals surface area contributed by atoms with E-state index < -0.39 is 5.92 Å². The van der Waals surface area contributed by atoms with Gasteiger partial charge in [-0.05, 0) is 6.07 Å². The van der Waals surface area contributed by atoms with Crippen LogP contribution in [-0.2, 0) is 13.0 Å². The Morgan fingerprint density at radius 2 is 2.07 bits per heavy atom. The maximum absolute atomic E-state index is 13.0. The number of hydrogen-bond donors (Lipinski definition) is 1. The number of pyridine rings is 1. The Kier molecular flexibility index (Phi) is 2.59. The number of ether oxygens (including phenoxy) is 1. The van der Waals surface area contributed by atoms with Crippen molar-refractivity contribution in [1.82, 2.24) is 4.57 Å². The third-order valence-corrected chi connectivity index (χ3v) is 1.93. The van der Waals surface area contributed by atoms with Crippen molar-refractivity contribution < 1.29 is 13.5 Å². The molecule has 3 nitrogen and oxygen atoms in total. The first-order chi connectivity index (χ1) is 6.36. The van der Waals surface area contributed by atoms with Crippen LogP contribution in [0.2, 0.25) is 0 Å². The Labute approximate surface area is 80.5 Å². The smallest absolute Gasteiger partial charge is 0.272 e. The van der Waals surface area contributed by atoms with Crippen LogP contribution < -0.4 is 10.2 Å². The molecule has 5 heteroatoms. The fourth-order valence-electron chi connectivity index (χ4n) is 1.09. The highest BCUT2D eigenvalue weighted by molar-refractivity contribution is 5.26. The van der Waals surface area contributed by atoms with E-state index in [0.717, 1.165) is 6.92 Å². The summed E-state index contributed by atoms with van der Waals surface area (Å²) < 4.78 is 32.0. The van der Waals surface area contributed by atoms with Crippen LogP contribution in [0.25, 0.3) is 0 Å². The summed E-state index contributed by atoms with van der Waals surface area (Å²) >= 11 is 0. The van der Waals surface area contributed by atoms with E-state index in [1.165, 1.54) is 31.0 Å². The van der Waals surface area contributed by atoms with Crippen molar-refractivity contribution in [2.75, 3.05) is 7.11 Å². The molecule has 0 unspecified atom stereocenters. The zero-order valence-electron chi connectivity index (χ0n) is 8.27. The molecule has 0 aliphatic carbocycles. The molecule has 0 radical (unpaired) electrons. The molecule has 1 aromatic rings. The van der Waals surface area contributed by atoms with Gasteiger partial charge in [0.15, 0.2) is 11.2 Å². The van der Waals surface area contributed by atoms with Gasteiger partial charge in [0.1, 0.15) is 0 Å². The summed E-state index contributed by atoms with van der Waals surface area (Å²) in [4.78, 5) is 0. The number of nitrogens with zero attached hydrogens (tertiary/aromatic N) is 1. The van der Waals surface area contributed by atoms with Gasteiger partial charge in [0.25, 0.3) is 5.92 Å². The Balaban J connectivity index is 3.38. The molecule has 14 heavy (non-hydrogen) atoms. The van der Waals surface area contributed by atoms with Gasteiger partial charge in [-0.3, -0.25) is 5.41 Å². The van der Waals surface area contributed by atoms with Crippen molar-refractivity contribution >= 4 is 0 Å². The highest BCUT2D eigenvalue weighted by atomic mass is 19.3. The minimum absolute atomic E-state index is 0.0699. The highest BCUT2D eigenvalue weighted by Crippen LogP contribution is 2.27. The monoisotopic (exact) mass is 202 g/mol. The van der Waals surface area contributed by atoms with Crippen LogP contribution in [0.1, 0.15) is 12.5 Å². The largest absolute Gasteiger partial charge is 0.493 e. The van der Waals surface area contributed by atoms with E-state index in [4.69, 9.17) is 10.1 Å². The van der Waals surface area contributed by atoms with Crippen molar-refractivity contribution in [3.05, 3.63) is 23.3 Å². The lowest BCUT2D eigenvalue weighted by Gasteiger charge is -2.14. The first kappa shape index (κ1) is 10.7. The summed E-state index contributed by atoms with van der Waals surface area (Å²) in [6, 6.07) is 1.18. The van der Waals surface area contributed by atoms with Crippen LogP contribution >= 0.6 is 0 Å². The average Bonchev–Trinajstić information content (AvgIpc) is 2.07. The average molecular weight is 202 g/mol. The predicted octanol–water partition coefficient (Wildman–Crippen LogP) is 1.62. The maximum atomic E-state index is 13.0. The number of aryl methyl sites for hydroxylation is 1. The summed E-state index contributed by atoms with van der Waals surface area (Å²) in [7, 11) is 2.88. The molecule has 0 bridgehead atoms. The van der Waals surface area contributed by atoms with Crippen LogP contribution in [-0.4, -0.2) is 11.7 Å². The summed E-state index contributed by atoms with van der Waals surface area (Å²) in [6.07, 6.45) is 1.23. The molecule has 0 saturated heterocycles. The van der Waals surface area contributed by atoms with Crippen LogP contribution in [0.15, 0.2) is 12.3 Å². The second kappa shape index (κ2) is 3.40. The van der Waals surface area contributed by atoms with E-state index in [2.05, 4.69) is 0 Å². The van der Waals surface area contributed by atoms with Crippen molar-refractivity contribution in [3.63, 3.8) is 0 Å². The zero-order chi connectivity index (χ0) is 10.9.